The van der Waals surface area contributed by atoms with E-state index in [-0.39, 0.29) is 36.9 Å². The second-order valence-electron chi connectivity index (χ2n) is 14.2. The van der Waals surface area contributed by atoms with Crippen molar-refractivity contribution in [3.05, 3.63) is 111 Å². The summed E-state index contributed by atoms with van der Waals surface area (Å²) in [5, 5.41) is 15.5. The van der Waals surface area contributed by atoms with E-state index in [1.165, 1.54) is 5.56 Å². The third kappa shape index (κ3) is 8.60. The van der Waals surface area contributed by atoms with Crippen LogP contribution in [0.4, 0.5) is 5.69 Å². The Labute approximate surface area is 317 Å². The number of aromatic nitrogens is 2. The van der Waals surface area contributed by atoms with Crippen LogP contribution in [0, 0.1) is 6.92 Å². The molecule has 6 rings (SSSR count). The first-order chi connectivity index (χ1) is 25.7. The summed E-state index contributed by atoms with van der Waals surface area (Å²) < 4.78 is 1.70. The van der Waals surface area contributed by atoms with Crippen LogP contribution in [0.15, 0.2) is 72.8 Å². The van der Waals surface area contributed by atoms with Crippen LogP contribution in [0.25, 0.3) is 5.69 Å². The molecule has 3 heterocycles. The van der Waals surface area contributed by atoms with Gasteiger partial charge in [-0.2, -0.15) is 5.10 Å². The van der Waals surface area contributed by atoms with Crippen LogP contribution in [0.2, 0.25) is 5.02 Å². The highest BCUT2D eigenvalue weighted by molar-refractivity contribution is 6.31. The third-order valence-corrected chi connectivity index (χ3v) is 10.8. The molecule has 3 amide bonds. The molecule has 0 spiro atoms. The Kier molecular flexibility index (Phi) is 12.5. The number of carbonyl (C=O) groups excluding carboxylic acids is 3. The lowest BCUT2D eigenvalue weighted by Crippen LogP contribution is -2.50. The molecule has 4 aromatic rings. The number of aliphatic hydroxyl groups excluding tert-OH is 1. The highest BCUT2D eigenvalue weighted by Crippen LogP contribution is 2.31. The molecule has 1 unspecified atom stereocenters. The predicted octanol–water partition coefficient (Wildman–Crippen LogP) is 6.67. The molecule has 2 aliphatic heterocycles. The van der Waals surface area contributed by atoms with Crippen molar-refractivity contribution < 1.29 is 19.5 Å². The summed E-state index contributed by atoms with van der Waals surface area (Å²) in [6.45, 7) is 9.53. The first-order valence-electron chi connectivity index (χ1n) is 19.0. The number of piperazine rings is 1. The fourth-order valence-corrected chi connectivity index (χ4v) is 7.59. The minimum Gasteiger partial charge on any atom is -0.396 e. The van der Waals surface area contributed by atoms with Crippen molar-refractivity contribution in [2.24, 2.45) is 0 Å². The molecule has 53 heavy (non-hydrogen) atoms. The van der Waals surface area contributed by atoms with E-state index in [9.17, 15) is 19.5 Å². The number of carbonyl (C=O) groups is 3. The fourth-order valence-electron chi connectivity index (χ4n) is 7.39. The molecule has 280 valence electrons. The van der Waals surface area contributed by atoms with E-state index in [2.05, 4.69) is 19.9 Å². The number of hydrogen-bond acceptors (Lipinski definition) is 6. The molecule has 0 radical (unpaired) electrons. The van der Waals surface area contributed by atoms with E-state index in [0.717, 1.165) is 48.2 Å². The quantitative estimate of drug-likeness (QED) is 0.155. The van der Waals surface area contributed by atoms with E-state index in [0.29, 0.717) is 74.1 Å². The van der Waals surface area contributed by atoms with Crippen LogP contribution >= 0.6 is 11.6 Å². The van der Waals surface area contributed by atoms with Gasteiger partial charge in [0.05, 0.1) is 17.8 Å². The standard InChI is InChI=1S/C42H51ClN6O4/c1-4-6-19-45(20-7-5-2)42(53)38-24-30(3)49(44-38)39-17-16-34(46-21-22-47(40(51)29-46)27-33-14-10-11-15-37(33)43)26-36(39)41(52)48-28-32-13-9-8-12-31(32)25-35(48)18-23-50/h8-17,24,26,35,50H,4-7,18-23,25,27-29H2,1-3H3. The molecule has 0 bridgehead atoms. The Hall–Kier alpha value is -4.67. The van der Waals surface area contributed by atoms with Gasteiger partial charge in [-0.25, -0.2) is 4.68 Å². The first kappa shape index (κ1) is 38.1. The number of anilines is 1. The van der Waals surface area contributed by atoms with Crippen molar-refractivity contribution in [1.82, 2.24) is 24.5 Å². The highest BCUT2D eigenvalue weighted by atomic mass is 35.5. The lowest BCUT2D eigenvalue weighted by Gasteiger charge is -2.38. The van der Waals surface area contributed by atoms with Crippen molar-refractivity contribution in [2.45, 2.75) is 78.4 Å². The van der Waals surface area contributed by atoms with Gasteiger partial charge in [-0.1, -0.05) is 80.8 Å². The first-order valence-corrected chi connectivity index (χ1v) is 19.3. The maximum Gasteiger partial charge on any atom is 0.274 e. The summed E-state index contributed by atoms with van der Waals surface area (Å²) in [6.07, 6.45) is 4.90. The SMILES string of the molecule is CCCCN(CCCC)C(=O)c1cc(C)n(-c2ccc(N3CCN(Cc4ccccc4Cl)C(=O)C3)cc2C(=O)N2Cc3ccccc3CC2CCO)n1. The normalized spacial score (nSPS) is 15.8. The molecule has 0 saturated carbocycles. The molecule has 1 N–H and O–H groups in total. The minimum atomic E-state index is -0.199. The molecule has 0 aliphatic carbocycles. The maximum atomic E-state index is 14.9. The summed E-state index contributed by atoms with van der Waals surface area (Å²) >= 11 is 6.41. The van der Waals surface area contributed by atoms with Crippen molar-refractivity contribution in [1.29, 1.82) is 0 Å². The van der Waals surface area contributed by atoms with Gasteiger partial charge in [0.25, 0.3) is 11.8 Å². The van der Waals surface area contributed by atoms with Crippen LogP contribution in [0.1, 0.15) is 89.2 Å². The third-order valence-electron chi connectivity index (χ3n) is 10.5. The zero-order valence-electron chi connectivity index (χ0n) is 31.1. The van der Waals surface area contributed by atoms with Gasteiger partial charge in [-0.3, -0.25) is 14.4 Å². The molecule has 11 heteroatoms. The van der Waals surface area contributed by atoms with Crippen LogP contribution in [0.5, 0.6) is 0 Å². The Balaban J connectivity index is 1.35. The number of aryl methyl sites for hydroxylation is 1. The van der Waals surface area contributed by atoms with Crippen LogP contribution in [0.3, 0.4) is 0 Å². The second-order valence-corrected chi connectivity index (χ2v) is 14.6. The lowest BCUT2D eigenvalue weighted by molar-refractivity contribution is -0.131. The summed E-state index contributed by atoms with van der Waals surface area (Å²) in [6, 6.07) is 23.0. The summed E-state index contributed by atoms with van der Waals surface area (Å²) in [7, 11) is 0. The summed E-state index contributed by atoms with van der Waals surface area (Å²) in [4.78, 5) is 49.7. The highest BCUT2D eigenvalue weighted by Gasteiger charge is 2.33. The topological polar surface area (TPSA) is 102 Å². The molecule has 10 nitrogen and oxygen atoms in total. The molecule has 1 aromatic heterocycles. The average Bonchev–Trinajstić information content (AvgIpc) is 3.56. The van der Waals surface area contributed by atoms with Gasteiger partial charge >= 0.3 is 0 Å². The number of hydrogen-bond donors (Lipinski definition) is 1. The average molecular weight is 739 g/mol. The molecular formula is C42H51ClN6O4. The van der Waals surface area contributed by atoms with Gasteiger partial charge in [0.1, 0.15) is 0 Å². The largest absolute Gasteiger partial charge is 0.396 e. The molecule has 1 saturated heterocycles. The molecule has 3 aromatic carbocycles. The number of nitrogens with zero attached hydrogens (tertiary/aromatic N) is 6. The monoisotopic (exact) mass is 738 g/mol. The van der Waals surface area contributed by atoms with Crippen molar-refractivity contribution in [3.8, 4) is 5.69 Å². The van der Waals surface area contributed by atoms with Crippen LogP contribution < -0.4 is 4.90 Å². The summed E-state index contributed by atoms with van der Waals surface area (Å²) in [5.41, 5.74) is 5.99. The maximum absolute atomic E-state index is 14.9. The van der Waals surface area contributed by atoms with E-state index >= 15 is 0 Å². The van der Waals surface area contributed by atoms with Gasteiger partial charge in [-0.05, 0) is 79.6 Å². The van der Waals surface area contributed by atoms with Gasteiger partial charge in [0, 0.05) is 68.3 Å². The van der Waals surface area contributed by atoms with Crippen LogP contribution in [-0.2, 0) is 24.3 Å². The smallest absolute Gasteiger partial charge is 0.274 e. The van der Waals surface area contributed by atoms with Crippen molar-refractivity contribution in [3.63, 3.8) is 0 Å². The number of amides is 3. The van der Waals surface area contributed by atoms with Gasteiger partial charge in [-0.15, -0.1) is 0 Å². The van der Waals surface area contributed by atoms with E-state index in [1.54, 1.807) is 10.7 Å². The predicted molar refractivity (Wildman–Crippen MR) is 209 cm³/mol. The minimum absolute atomic E-state index is 0.0226. The van der Waals surface area contributed by atoms with Crippen molar-refractivity contribution in [2.75, 3.05) is 44.2 Å². The molecule has 1 atom stereocenters. The number of aliphatic hydroxyl groups is 1. The fraction of sp³-hybridized carbons (Fsp3) is 0.429. The molecule has 2 aliphatic rings. The Morgan fingerprint density at radius 2 is 1.64 bits per heavy atom. The van der Waals surface area contributed by atoms with Gasteiger partial charge in [0.2, 0.25) is 5.91 Å². The van der Waals surface area contributed by atoms with E-state index in [4.69, 9.17) is 16.7 Å². The summed E-state index contributed by atoms with van der Waals surface area (Å²) in [5.74, 6) is -0.318. The van der Waals surface area contributed by atoms with Crippen molar-refractivity contribution >= 4 is 35.0 Å². The zero-order valence-corrected chi connectivity index (χ0v) is 31.9. The number of unbranched alkanes of at least 4 members (excludes halogenated alkanes) is 2. The van der Waals surface area contributed by atoms with Crippen LogP contribution in [-0.4, -0.2) is 92.7 Å². The van der Waals surface area contributed by atoms with E-state index in [1.807, 2.05) is 87.2 Å². The Morgan fingerprint density at radius 3 is 2.34 bits per heavy atom. The van der Waals surface area contributed by atoms with Gasteiger partial charge in [0.15, 0.2) is 5.69 Å². The number of fused-ring (bicyclic) bond motifs is 1. The number of rotatable bonds is 14. The Bertz CT molecular complexity index is 1920. The number of benzene rings is 3. The lowest BCUT2D eigenvalue weighted by atomic mass is 9.91. The Morgan fingerprint density at radius 1 is 0.925 bits per heavy atom. The number of halogens is 1. The second kappa shape index (κ2) is 17.4. The van der Waals surface area contributed by atoms with Gasteiger partial charge < -0.3 is 24.7 Å². The molecule has 1 fully saturated rings. The zero-order chi connectivity index (χ0) is 37.5. The molecular weight excluding hydrogens is 688 g/mol. The van der Waals surface area contributed by atoms with E-state index < -0.39 is 0 Å².